The van der Waals surface area contributed by atoms with Crippen LogP contribution in [-0.2, 0) is 14.9 Å². The summed E-state index contributed by atoms with van der Waals surface area (Å²) in [5.74, 6) is 1.09. The fraction of sp³-hybridized carbons (Fsp3) is 0.553. The normalized spacial score (nSPS) is 27.2. The summed E-state index contributed by atoms with van der Waals surface area (Å²) >= 11 is 0. The van der Waals surface area contributed by atoms with Gasteiger partial charge < -0.3 is 19.7 Å². The van der Waals surface area contributed by atoms with Gasteiger partial charge in [-0.15, -0.1) is 0 Å². The molecule has 1 N–H and O–H groups in total. The molecule has 8 heteroatoms. The van der Waals surface area contributed by atoms with E-state index in [2.05, 4.69) is 75.6 Å². The standard InChI is InChI=1S/C38H48N4O4/c1-26-21-30(9-14-34(26)45-3)38-18-15-37(16-19-38,17-20-38)25-41(35(43)27-7-12-33(13-8-27)46-36(44)39-2)32-6-4-5-28(22-32)29-23-40-42(24-29)31-10-11-31/h4-6,9,14,21-24,27,31,33H,7-8,10-13,15-20,25H2,1-3H3,(H,39,44). The van der Waals surface area contributed by atoms with Crippen molar-refractivity contribution in [3.63, 3.8) is 0 Å². The smallest absolute Gasteiger partial charge is 0.407 e. The third kappa shape index (κ3) is 6.03. The number of rotatable bonds is 9. The molecule has 5 aliphatic carbocycles. The number of alkyl carbamates (subject to hydrolysis) is 1. The molecule has 244 valence electrons. The highest BCUT2D eigenvalue weighted by Crippen LogP contribution is 2.58. The summed E-state index contributed by atoms with van der Waals surface area (Å²) in [6.45, 7) is 2.89. The van der Waals surface area contributed by atoms with Crippen LogP contribution in [0.15, 0.2) is 54.9 Å². The Hall–Kier alpha value is -3.81. The van der Waals surface area contributed by atoms with Crippen molar-refractivity contribution >= 4 is 17.7 Å². The Balaban J connectivity index is 1.12. The molecule has 0 aliphatic heterocycles. The van der Waals surface area contributed by atoms with E-state index in [1.807, 2.05) is 6.20 Å². The maximum atomic E-state index is 14.5. The molecule has 8 nitrogen and oxygen atoms in total. The quantitative estimate of drug-likeness (QED) is 0.263. The third-order valence-electron chi connectivity index (χ3n) is 11.7. The summed E-state index contributed by atoms with van der Waals surface area (Å²) in [6, 6.07) is 15.8. The first-order valence-corrected chi connectivity index (χ1v) is 17.3. The van der Waals surface area contributed by atoms with Gasteiger partial charge in [0.2, 0.25) is 5.91 Å². The van der Waals surface area contributed by atoms with Crippen molar-refractivity contribution in [3.8, 4) is 16.9 Å². The van der Waals surface area contributed by atoms with Gasteiger partial charge in [0.15, 0.2) is 0 Å². The SMILES string of the molecule is CNC(=O)OC1CCC(C(=O)N(CC23CCC(c4ccc(OC)c(C)c4)(CC2)CC3)c2cccc(-c3cnn(C4CC4)c3)c2)CC1. The lowest BCUT2D eigenvalue weighted by atomic mass is 9.51. The maximum absolute atomic E-state index is 14.5. The zero-order chi connectivity index (χ0) is 31.9. The van der Waals surface area contributed by atoms with Crippen molar-refractivity contribution in [2.45, 2.75) is 102 Å². The van der Waals surface area contributed by atoms with E-state index in [0.717, 1.165) is 80.5 Å². The van der Waals surface area contributed by atoms with Crippen molar-refractivity contribution in [1.82, 2.24) is 15.1 Å². The molecular weight excluding hydrogens is 576 g/mol. The summed E-state index contributed by atoms with van der Waals surface area (Å²) < 4.78 is 13.2. The van der Waals surface area contributed by atoms with Gasteiger partial charge in [0, 0.05) is 37.0 Å². The van der Waals surface area contributed by atoms with Gasteiger partial charge >= 0.3 is 6.09 Å². The lowest BCUT2D eigenvalue weighted by Crippen LogP contribution is -2.51. The second-order valence-corrected chi connectivity index (χ2v) is 14.5. The number of nitrogens with zero attached hydrogens (tertiary/aromatic N) is 3. The number of carbonyl (C=O) groups is 2. The van der Waals surface area contributed by atoms with Crippen LogP contribution in [0.2, 0.25) is 0 Å². The summed E-state index contributed by atoms with van der Waals surface area (Å²) in [7, 11) is 3.32. The molecular formula is C38H48N4O4. The molecule has 2 amide bonds. The van der Waals surface area contributed by atoms with Crippen LogP contribution in [0.3, 0.4) is 0 Å². The van der Waals surface area contributed by atoms with E-state index < -0.39 is 6.09 Å². The topological polar surface area (TPSA) is 85.7 Å². The highest BCUT2D eigenvalue weighted by Gasteiger charge is 2.50. The molecule has 8 rings (SSSR count). The lowest BCUT2D eigenvalue weighted by Gasteiger charge is -2.55. The Morgan fingerprint density at radius 2 is 1.70 bits per heavy atom. The molecule has 3 aromatic rings. The molecule has 1 heterocycles. The van der Waals surface area contributed by atoms with Crippen LogP contribution in [0.4, 0.5) is 10.5 Å². The molecule has 5 fully saturated rings. The van der Waals surface area contributed by atoms with E-state index >= 15 is 0 Å². The van der Waals surface area contributed by atoms with E-state index in [1.54, 1.807) is 14.2 Å². The molecule has 46 heavy (non-hydrogen) atoms. The Morgan fingerprint density at radius 3 is 2.35 bits per heavy atom. The van der Waals surface area contributed by atoms with E-state index in [9.17, 15) is 9.59 Å². The molecule has 2 bridgehead atoms. The molecule has 0 radical (unpaired) electrons. The Morgan fingerprint density at radius 1 is 0.957 bits per heavy atom. The van der Waals surface area contributed by atoms with E-state index in [0.29, 0.717) is 18.9 Å². The molecule has 0 unspecified atom stereocenters. The van der Waals surface area contributed by atoms with Gasteiger partial charge in [0.25, 0.3) is 0 Å². The average Bonchev–Trinajstić information content (AvgIpc) is 3.83. The fourth-order valence-corrected chi connectivity index (χ4v) is 8.51. The van der Waals surface area contributed by atoms with Crippen LogP contribution < -0.4 is 15.0 Å². The molecule has 1 aromatic heterocycles. The zero-order valence-corrected chi connectivity index (χ0v) is 27.6. The lowest BCUT2D eigenvalue weighted by molar-refractivity contribution is -0.124. The Labute approximate surface area is 272 Å². The second kappa shape index (κ2) is 12.4. The summed E-state index contributed by atoms with van der Waals surface area (Å²) in [5, 5.41) is 7.18. The number of methoxy groups -OCH3 is 1. The van der Waals surface area contributed by atoms with Crippen LogP contribution in [-0.4, -0.2) is 48.6 Å². The Bertz CT molecular complexity index is 1560. The minimum Gasteiger partial charge on any atom is -0.496 e. The number of hydrogen-bond acceptors (Lipinski definition) is 5. The second-order valence-electron chi connectivity index (χ2n) is 14.5. The van der Waals surface area contributed by atoms with Crippen molar-refractivity contribution in [2.24, 2.45) is 11.3 Å². The van der Waals surface area contributed by atoms with E-state index in [-0.39, 0.29) is 28.8 Å². The monoisotopic (exact) mass is 624 g/mol. The van der Waals surface area contributed by atoms with Crippen molar-refractivity contribution in [1.29, 1.82) is 0 Å². The summed E-state index contributed by atoms with van der Waals surface area (Å²) in [5.41, 5.74) is 6.16. The molecule has 5 aliphatic rings. The van der Waals surface area contributed by atoms with Crippen LogP contribution >= 0.6 is 0 Å². The van der Waals surface area contributed by atoms with Gasteiger partial charge in [-0.1, -0.05) is 24.3 Å². The molecule has 0 spiro atoms. The maximum Gasteiger partial charge on any atom is 0.407 e. The van der Waals surface area contributed by atoms with Crippen LogP contribution in [0, 0.1) is 18.3 Å². The van der Waals surface area contributed by atoms with Crippen molar-refractivity contribution in [3.05, 3.63) is 66.0 Å². The number of anilines is 1. The minimum atomic E-state index is -0.396. The first-order valence-electron chi connectivity index (χ1n) is 17.3. The number of hydrogen-bond donors (Lipinski definition) is 1. The number of aromatic nitrogens is 2. The highest BCUT2D eigenvalue weighted by atomic mass is 16.6. The molecule has 0 atom stereocenters. The Kier molecular flexibility index (Phi) is 8.32. The minimum absolute atomic E-state index is 0.0734. The van der Waals surface area contributed by atoms with Crippen LogP contribution in [0.1, 0.15) is 94.2 Å². The van der Waals surface area contributed by atoms with Crippen LogP contribution in [0.5, 0.6) is 5.75 Å². The predicted molar refractivity (Wildman–Crippen MR) is 179 cm³/mol. The number of nitrogens with one attached hydrogen (secondary N) is 1. The predicted octanol–water partition coefficient (Wildman–Crippen LogP) is 7.74. The van der Waals surface area contributed by atoms with Gasteiger partial charge in [-0.05, 0) is 130 Å². The fourth-order valence-electron chi connectivity index (χ4n) is 8.51. The van der Waals surface area contributed by atoms with Gasteiger partial charge in [-0.3, -0.25) is 9.48 Å². The number of carbonyl (C=O) groups excluding carboxylic acids is 2. The first-order chi connectivity index (χ1) is 22.3. The largest absolute Gasteiger partial charge is 0.496 e. The molecule has 2 aromatic carbocycles. The molecule has 5 saturated carbocycles. The van der Waals surface area contributed by atoms with Gasteiger partial charge in [-0.2, -0.15) is 5.10 Å². The third-order valence-corrected chi connectivity index (χ3v) is 11.7. The van der Waals surface area contributed by atoms with Gasteiger partial charge in [0.05, 0.1) is 19.3 Å². The van der Waals surface area contributed by atoms with Crippen molar-refractivity contribution < 1.29 is 19.1 Å². The number of amides is 2. The number of aryl methyl sites for hydroxylation is 1. The van der Waals surface area contributed by atoms with E-state index in [4.69, 9.17) is 9.47 Å². The number of fused-ring (bicyclic) bond motifs is 3. The van der Waals surface area contributed by atoms with E-state index in [1.165, 1.54) is 24.0 Å². The van der Waals surface area contributed by atoms with Gasteiger partial charge in [0.1, 0.15) is 11.9 Å². The van der Waals surface area contributed by atoms with Crippen LogP contribution in [0.25, 0.3) is 11.1 Å². The average molecular weight is 625 g/mol. The summed E-state index contributed by atoms with van der Waals surface area (Å²) in [6.07, 6.45) is 15.7. The number of benzene rings is 2. The van der Waals surface area contributed by atoms with Gasteiger partial charge in [-0.25, -0.2) is 4.79 Å². The number of ether oxygens (including phenoxy) is 2. The van der Waals surface area contributed by atoms with Crippen molar-refractivity contribution in [2.75, 3.05) is 25.6 Å². The molecule has 0 saturated heterocycles. The zero-order valence-electron chi connectivity index (χ0n) is 27.6. The highest BCUT2D eigenvalue weighted by molar-refractivity contribution is 5.96. The summed E-state index contributed by atoms with van der Waals surface area (Å²) in [4.78, 5) is 28.5. The first kappa shape index (κ1) is 30.8.